The number of fused-ring (bicyclic) bond motifs is 1. The molecule has 0 saturated carbocycles. The zero-order valence-corrected chi connectivity index (χ0v) is 17.1. The number of benzene rings is 1. The van der Waals surface area contributed by atoms with Gasteiger partial charge in [-0.2, -0.15) is 0 Å². The van der Waals surface area contributed by atoms with Gasteiger partial charge in [0.05, 0.1) is 5.52 Å². The highest BCUT2D eigenvalue weighted by Crippen LogP contribution is 2.26. The maximum Gasteiger partial charge on any atom is 0.0702 e. The predicted octanol–water partition coefficient (Wildman–Crippen LogP) is 3.34. The molecule has 3 aromatic rings. The fourth-order valence-corrected chi connectivity index (χ4v) is 4.62. The van der Waals surface area contributed by atoms with Gasteiger partial charge in [0.15, 0.2) is 0 Å². The van der Waals surface area contributed by atoms with Crippen molar-refractivity contribution < 1.29 is 0 Å². The summed E-state index contributed by atoms with van der Waals surface area (Å²) in [5.41, 5.74) is 6.18. The summed E-state index contributed by atoms with van der Waals surface area (Å²) in [6.07, 6.45) is 3.06. The zero-order chi connectivity index (χ0) is 19.6. The maximum absolute atomic E-state index is 4.82. The first kappa shape index (κ1) is 18.5. The van der Waals surface area contributed by atoms with Gasteiger partial charge in [0.25, 0.3) is 0 Å². The number of nitrogens with zero attached hydrogens (tertiary/aromatic N) is 4. The van der Waals surface area contributed by atoms with Gasteiger partial charge in [-0.25, -0.2) is 0 Å². The van der Waals surface area contributed by atoms with Gasteiger partial charge in [0, 0.05) is 73.8 Å². The Morgan fingerprint density at radius 2 is 1.97 bits per heavy atom. The minimum absolute atomic E-state index is 0.567. The van der Waals surface area contributed by atoms with Crippen LogP contribution in [0.5, 0.6) is 0 Å². The van der Waals surface area contributed by atoms with E-state index in [1.54, 1.807) is 0 Å². The molecule has 5 rings (SSSR count). The molecular weight excluding hydrogens is 358 g/mol. The number of nitrogens with one attached hydrogen (secondary N) is 1. The third kappa shape index (κ3) is 4.11. The van der Waals surface area contributed by atoms with Gasteiger partial charge < -0.3 is 10.2 Å². The number of aromatic nitrogens is 2. The molecule has 0 bridgehead atoms. The van der Waals surface area contributed by atoms with E-state index in [1.807, 2.05) is 12.3 Å². The largest absolute Gasteiger partial charge is 0.369 e. The molecule has 2 aromatic heterocycles. The van der Waals surface area contributed by atoms with Crippen molar-refractivity contribution >= 4 is 16.6 Å². The first-order chi connectivity index (χ1) is 14.2. The molecule has 5 nitrogen and oxygen atoms in total. The van der Waals surface area contributed by atoms with E-state index in [0.717, 1.165) is 57.0 Å². The molecule has 5 heteroatoms. The van der Waals surface area contributed by atoms with Crippen LogP contribution < -0.4 is 10.2 Å². The minimum Gasteiger partial charge on any atom is -0.369 e. The second-order valence-corrected chi connectivity index (χ2v) is 8.37. The lowest BCUT2D eigenvalue weighted by atomic mass is 10.0. The van der Waals surface area contributed by atoms with Gasteiger partial charge in [-0.15, -0.1) is 0 Å². The van der Waals surface area contributed by atoms with Crippen molar-refractivity contribution in [2.45, 2.75) is 25.8 Å². The van der Waals surface area contributed by atoms with Crippen LogP contribution in [0.15, 0.2) is 48.7 Å². The molecule has 0 aliphatic carbocycles. The molecule has 2 fully saturated rings. The molecule has 2 saturated heterocycles. The zero-order valence-electron chi connectivity index (χ0n) is 17.1. The van der Waals surface area contributed by atoms with E-state index in [1.165, 1.54) is 28.8 Å². The van der Waals surface area contributed by atoms with Crippen molar-refractivity contribution in [2.75, 3.05) is 44.2 Å². The number of hydrogen-bond donors (Lipinski definition) is 1. The van der Waals surface area contributed by atoms with Crippen LogP contribution in [0.1, 0.15) is 29.3 Å². The maximum atomic E-state index is 4.82. The number of aryl methyl sites for hydroxylation is 1. The second-order valence-electron chi connectivity index (χ2n) is 8.37. The van der Waals surface area contributed by atoms with E-state index in [0.29, 0.717) is 5.92 Å². The normalized spacial score (nSPS) is 20.4. The molecule has 0 spiro atoms. The third-order valence-electron chi connectivity index (χ3n) is 6.25. The highest BCUT2D eigenvalue weighted by atomic mass is 15.3. The summed E-state index contributed by atoms with van der Waals surface area (Å²) >= 11 is 0. The molecule has 1 atom stereocenters. The average Bonchev–Trinajstić information content (AvgIpc) is 3.29. The molecule has 150 valence electrons. The van der Waals surface area contributed by atoms with Gasteiger partial charge in [0.1, 0.15) is 0 Å². The Balaban J connectivity index is 1.24. The SMILES string of the molecule is Cc1cc(N2CCN(Cc3ccc4ncccc4c3)CC2)cc(C2CCNC2)n1. The molecular formula is C24H29N5. The van der Waals surface area contributed by atoms with E-state index in [4.69, 9.17) is 4.98 Å². The number of rotatable bonds is 4. The van der Waals surface area contributed by atoms with Crippen LogP contribution in [0.25, 0.3) is 10.9 Å². The first-order valence-electron chi connectivity index (χ1n) is 10.7. The van der Waals surface area contributed by atoms with Crippen LogP contribution in [0, 0.1) is 6.92 Å². The van der Waals surface area contributed by atoms with Gasteiger partial charge in [-0.1, -0.05) is 12.1 Å². The second kappa shape index (κ2) is 8.09. The Hall–Kier alpha value is -2.50. The highest BCUT2D eigenvalue weighted by Gasteiger charge is 2.22. The monoisotopic (exact) mass is 387 g/mol. The Bertz CT molecular complexity index is 987. The lowest BCUT2D eigenvalue weighted by molar-refractivity contribution is 0.250. The van der Waals surface area contributed by atoms with E-state index in [9.17, 15) is 0 Å². The number of piperazine rings is 1. The number of anilines is 1. The summed E-state index contributed by atoms with van der Waals surface area (Å²) in [6, 6.07) is 15.4. The first-order valence-corrected chi connectivity index (χ1v) is 10.7. The van der Waals surface area contributed by atoms with Crippen LogP contribution in [0.3, 0.4) is 0 Å². The van der Waals surface area contributed by atoms with E-state index in [2.05, 4.69) is 63.4 Å². The van der Waals surface area contributed by atoms with Crippen molar-refractivity contribution in [1.29, 1.82) is 0 Å². The highest BCUT2D eigenvalue weighted by molar-refractivity contribution is 5.78. The molecule has 0 radical (unpaired) electrons. The van der Waals surface area contributed by atoms with E-state index >= 15 is 0 Å². The summed E-state index contributed by atoms with van der Waals surface area (Å²) in [6.45, 7) is 9.62. The number of pyridine rings is 2. The fourth-order valence-electron chi connectivity index (χ4n) is 4.62. The lowest BCUT2D eigenvalue weighted by Gasteiger charge is -2.36. The predicted molar refractivity (Wildman–Crippen MR) is 118 cm³/mol. The summed E-state index contributed by atoms with van der Waals surface area (Å²) in [5, 5.41) is 4.69. The van der Waals surface area contributed by atoms with Crippen molar-refractivity contribution in [2.24, 2.45) is 0 Å². The summed E-state index contributed by atoms with van der Waals surface area (Å²) in [7, 11) is 0. The fraction of sp³-hybridized carbons (Fsp3) is 0.417. The molecule has 1 N–H and O–H groups in total. The van der Waals surface area contributed by atoms with Crippen LogP contribution in [-0.2, 0) is 6.54 Å². The smallest absolute Gasteiger partial charge is 0.0702 e. The van der Waals surface area contributed by atoms with Crippen LogP contribution >= 0.6 is 0 Å². The van der Waals surface area contributed by atoms with E-state index in [-0.39, 0.29) is 0 Å². The summed E-state index contributed by atoms with van der Waals surface area (Å²) in [5.74, 6) is 0.567. The molecule has 4 heterocycles. The van der Waals surface area contributed by atoms with Gasteiger partial charge in [0.2, 0.25) is 0 Å². The standard InChI is InChI=1S/C24H29N5/c1-18-13-22(15-24(27-18)21-6-8-25-16-21)29-11-9-28(10-12-29)17-19-4-5-23-20(14-19)3-2-7-26-23/h2-5,7,13-15,21,25H,6,8-12,16-17H2,1H3. The Morgan fingerprint density at radius 1 is 1.07 bits per heavy atom. The molecule has 0 amide bonds. The summed E-state index contributed by atoms with van der Waals surface area (Å²) < 4.78 is 0. The molecule has 2 aliphatic heterocycles. The van der Waals surface area contributed by atoms with Crippen LogP contribution in [0.4, 0.5) is 5.69 Å². The Morgan fingerprint density at radius 3 is 2.79 bits per heavy atom. The minimum atomic E-state index is 0.567. The van der Waals surface area contributed by atoms with Crippen LogP contribution in [0.2, 0.25) is 0 Å². The molecule has 2 aliphatic rings. The van der Waals surface area contributed by atoms with Gasteiger partial charge >= 0.3 is 0 Å². The lowest BCUT2D eigenvalue weighted by Crippen LogP contribution is -2.46. The van der Waals surface area contributed by atoms with Crippen LogP contribution in [-0.4, -0.2) is 54.1 Å². The van der Waals surface area contributed by atoms with Crippen molar-refractivity contribution in [3.05, 3.63) is 65.6 Å². The van der Waals surface area contributed by atoms with Crippen molar-refractivity contribution in [3.63, 3.8) is 0 Å². The average molecular weight is 388 g/mol. The van der Waals surface area contributed by atoms with E-state index < -0.39 is 0 Å². The quantitative estimate of drug-likeness (QED) is 0.744. The number of hydrogen-bond acceptors (Lipinski definition) is 5. The molecule has 1 aromatic carbocycles. The van der Waals surface area contributed by atoms with Crippen molar-refractivity contribution in [1.82, 2.24) is 20.2 Å². The third-order valence-corrected chi connectivity index (χ3v) is 6.25. The van der Waals surface area contributed by atoms with Gasteiger partial charge in [-0.05, 0) is 55.8 Å². The molecule has 29 heavy (non-hydrogen) atoms. The van der Waals surface area contributed by atoms with Crippen molar-refractivity contribution in [3.8, 4) is 0 Å². The van der Waals surface area contributed by atoms with Gasteiger partial charge in [-0.3, -0.25) is 14.9 Å². The molecule has 1 unspecified atom stereocenters. The topological polar surface area (TPSA) is 44.3 Å². The Kier molecular flexibility index (Phi) is 5.17. The summed E-state index contributed by atoms with van der Waals surface area (Å²) in [4.78, 5) is 14.3. The Labute approximate surface area is 172 Å².